The van der Waals surface area contributed by atoms with Gasteiger partial charge < -0.3 is 14.9 Å². The van der Waals surface area contributed by atoms with Crippen molar-refractivity contribution >= 4 is 0 Å². The van der Waals surface area contributed by atoms with E-state index in [0.29, 0.717) is 17.1 Å². The molecule has 0 saturated carbocycles. The molecule has 0 fully saturated rings. The molecule has 1 heterocycles. The zero-order valence-corrected chi connectivity index (χ0v) is 9.74. The second-order valence-electron chi connectivity index (χ2n) is 3.78. The van der Waals surface area contributed by atoms with Crippen LogP contribution in [0.2, 0.25) is 0 Å². The third-order valence-corrected chi connectivity index (χ3v) is 2.61. The molecule has 2 rings (SSSR count). The summed E-state index contributed by atoms with van der Waals surface area (Å²) in [5, 5.41) is 0. The summed E-state index contributed by atoms with van der Waals surface area (Å²) in [6.07, 6.45) is 0. The van der Waals surface area contributed by atoms with Crippen LogP contribution in [-0.4, -0.2) is 7.11 Å². The summed E-state index contributed by atoms with van der Waals surface area (Å²) >= 11 is 0. The Hall–Kier alpha value is -1.81. The lowest BCUT2D eigenvalue weighted by Crippen LogP contribution is -2.14. The highest BCUT2D eigenvalue weighted by atomic mass is 19.1. The monoisotopic (exact) mass is 235 g/mol. The van der Waals surface area contributed by atoms with Gasteiger partial charge in [0.1, 0.15) is 23.1 Å². The van der Waals surface area contributed by atoms with Crippen molar-refractivity contribution < 1.29 is 13.5 Å². The first-order chi connectivity index (χ1) is 8.13. The molecule has 1 unspecified atom stereocenters. The van der Waals surface area contributed by atoms with Gasteiger partial charge in [-0.25, -0.2) is 4.39 Å². The minimum Gasteiger partial charge on any atom is -0.496 e. The summed E-state index contributed by atoms with van der Waals surface area (Å²) in [5.74, 6) is 1.29. The number of halogens is 1. The van der Waals surface area contributed by atoms with Crippen molar-refractivity contribution in [1.82, 2.24) is 0 Å². The van der Waals surface area contributed by atoms with Crippen molar-refractivity contribution in [2.45, 2.75) is 13.0 Å². The average Bonchev–Trinajstić information content (AvgIpc) is 2.74. The van der Waals surface area contributed by atoms with Gasteiger partial charge in [-0.15, -0.1) is 0 Å². The van der Waals surface area contributed by atoms with Gasteiger partial charge in [0.2, 0.25) is 0 Å². The number of furan rings is 1. The van der Waals surface area contributed by atoms with Gasteiger partial charge in [0.05, 0.1) is 18.7 Å². The van der Waals surface area contributed by atoms with E-state index in [0.717, 1.165) is 5.76 Å². The quantitative estimate of drug-likeness (QED) is 0.889. The molecule has 0 aliphatic carbocycles. The molecule has 1 atom stereocenters. The molecule has 1 aromatic heterocycles. The molecule has 0 spiro atoms. The third kappa shape index (κ3) is 2.17. The van der Waals surface area contributed by atoms with E-state index in [4.69, 9.17) is 14.9 Å². The van der Waals surface area contributed by atoms with Crippen molar-refractivity contribution in [2.24, 2.45) is 5.73 Å². The van der Waals surface area contributed by atoms with Crippen molar-refractivity contribution in [3.63, 3.8) is 0 Å². The summed E-state index contributed by atoms with van der Waals surface area (Å²) in [5.41, 5.74) is 6.30. The molecular formula is C13H14FNO2. The first-order valence-electron chi connectivity index (χ1n) is 5.27. The Morgan fingerprint density at radius 2 is 2.06 bits per heavy atom. The maximum Gasteiger partial charge on any atom is 0.132 e. The van der Waals surface area contributed by atoms with E-state index in [2.05, 4.69) is 0 Å². The standard InChI is InChI=1S/C13H14FNO2/c1-8-6-7-11(17-8)13(15)12-9(14)4-3-5-10(12)16-2/h3-7,13H,15H2,1-2H3. The smallest absolute Gasteiger partial charge is 0.132 e. The lowest BCUT2D eigenvalue weighted by atomic mass is 10.0. The van der Waals surface area contributed by atoms with Crippen LogP contribution in [0.4, 0.5) is 4.39 Å². The molecule has 0 radical (unpaired) electrons. The Kier molecular flexibility index (Phi) is 3.15. The number of methoxy groups -OCH3 is 1. The Bertz CT molecular complexity index is 522. The molecule has 4 heteroatoms. The normalized spacial score (nSPS) is 12.5. The van der Waals surface area contributed by atoms with Gasteiger partial charge in [0.15, 0.2) is 0 Å². The van der Waals surface area contributed by atoms with E-state index < -0.39 is 11.9 Å². The highest BCUT2D eigenvalue weighted by Gasteiger charge is 2.20. The van der Waals surface area contributed by atoms with Gasteiger partial charge in [-0.1, -0.05) is 6.07 Å². The van der Waals surface area contributed by atoms with Crippen LogP contribution in [0.1, 0.15) is 23.1 Å². The second kappa shape index (κ2) is 4.59. The molecular weight excluding hydrogens is 221 g/mol. The van der Waals surface area contributed by atoms with Crippen LogP contribution in [0.3, 0.4) is 0 Å². The fourth-order valence-electron chi connectivity index (χ4n) is 1.76. The predicted octanol–water partition coefficient (Wildman–Crippen LogP) is 2.78. The summed E-state index contributed by atoms with van der Waals surface area (Å²) < 4.78 is 24.3. The minimum atomic E-state index is -0.667. The largest absolute Gasteiger partial charge is 0.496 e. The zero-order valence-electron chi connectivity index (χ0n) is 9.74. The highest BCUT2D eigenvalue weighted by molar-refractivity contribution is 5.40. The van der Waals surface area contributed by atoms with Gasteiger partial charge in [-0.3, -0.25) is 0 Å². The molecule has 2 N–H and O–H groups in total. The van der Waals surface area contributed by atoms with Gasteiger partial charge in [-0.05, 0) is 31.2 Å². The molecule has 17 heavy (non-hydrogen) atoms. The fraction of sp³-hybridized carbons (Fsp3) is 0.231. The predicted molar refractivity (Wildman–Crippen MR) is 62.4 cm³/mol. The van der Waals surface area contributed by atoms with E-state index in [9.17, 15) is 4.39 Å². The van der Waals surface area contributed by atoms with E-state index in [1.807, 2.05) is 6.92 Å². The molecule has 0 aliphatic heterocycles. The van der Waals surface area contributed by atoms with Gasteiger partial charge in [0, 0.05) is 0 Å². The molecule has 0 aliphatic rings. The summed E-state index contributed by atoms with van der Waals surface area (Å²) in [6, 6.07) is 7.48. The maximum absolute atomic E-state index is 13.8. The summed E-state index contributed by atoms with van der Waals surface area (Å²) in [4.78, 5) is 0. The number of hydrogen-bond acceptors (Lipinski definition) is 3. The van der Waals surface area contributed by atoms with Crippen LogP contribution in [0, 0.1) is 12.7 Å². The minimum absolute atomic E-state index is 0.310. The van der Waals surface area contributed by atoms with E-state index in [1.54, 1.807) is 24.3 Å². The van der Waals surface area contributed by atoms with E-state index in [1.165, 1.54) is 13.2 Å². The van der Waals surface area contributed by atoms with Crippen LogP contribution in [0.25, 0.3) is 0 Å². The molecule has 3 nitrogen and oxygen atoms in total. The first kappa shape index (κ1) is 11.7. The Morgan fingerprint density at radius 3 is 2.65 bits per heavy atom. The number of nitrogens with two attached hydrogens (primary N) is 1. The van der Waals surface area contributed by atoms with Crippen molar-refractivity contribution in [1.29, 1.82) is 0 Å². The average molecular weight is 235 g/mol. The maximum atomic E-state index is 13.8. The second-order valence-corrected chi connectivity index (χ2v) is 3.78. The molecule has 1 aromatic carbocycles. The number of benzene rings is 1. The van der Waals surface area contributed by atoms with Crippen LogP contribution in [0.15, 0.2) is 34.7 Å². The van der Waals surface area contributed by atoms with Crippen LogP contribution in [0.5, 0.6) is 5.75 Å². The topological polar surface area (TPSA) is 48.4 Å². The lowest BCUT2D eigenvalue weighted by Gasteiger charge is -2.14. The Labute approximate surface area is 99.0 Å². The SMILES string of the molecule is COc1cccc(F)c1C(N)c1ccc(C)o1. The number of rotatable bonds is 3. The summed E-state index contributed by atoms with van der Waals surface area (Å²) in [6.45, 7) is 1.81. The van der Waals surface area contributed by atoms with Crippen LogP contribution >= 0.6 is 0 Å². The number of ether oxygens (including phenoxy) is 1. The summed E-state index contributed by atoms with van der Waals surface area (Å²) in [7, 11) is 1.48. The molecule has 90 valence electrons. The van der Waals surface area contributed by atoms with Crippen molar-refractivity contribution in [2.75, 3.05) is 7.11 Å². The third-order valence-electron chi connectivity index (χ3n) is 2.61. The zero-order chi connectivity index (χ0) is 12.4. The fourth-order valence-corrected chi connectivity index (χ4v) is 1.76. The molecule has 0 amide bonds. The lowest BCUT2D eigenvalue weighted by molar-refractivity contribution is 0.394. The highest BCUT2D eigenvalue weighted by Crippen LogP contribution is 2.31. The Balaban J connectivity index is 2.46. The van der Waals surface area contributed by atoms with E-state index in [-0.39, 0.29) is 0 Å². The van der Waals surface area contributed by atoms with Crippen LogP contribution < -0.4 is 10.5 Å². The first-order valence-corrected chi connectivity index (χ1v) is 5.27. The molecule has 0 saturated heterocycles. The number of hydrogen-bond donors (Lipinski definition) is 1. The van der Waals surface area contributed by atoms with Crippen LogP contribution in [-0.2, 0) is 0 Å². The van der Waals surface area contributed by atoms with Crippen molar-refractivity contribution in [3.05, 3.63) is 53.2 Å². The van der Waals surface area contributed by atoms with E-state index >= 15 is 0 Å². The van der Waals surface area contributed by atoms with Crippen molar-refractivity contribution in [3.8, 4) is 5.75 Å². The Morgan fingerprint density at radius 1 is 1.29 bits per heavy atom. The molecule has 2 aromatic rings. The number of aryl methyl sites for hydroxylation is 1. The molecule has 0 bridgehead atoms. The van der Waals surface area contributed by atoms with Gasteiger partial charge >= 0.3 is 0 Å². The van der Waals surface area contributed by atoms with Gasteiger partial charge in [-0.2, -0.15) is 0 Å². The van der Waals surface area contributed by atoms with Gasteiger partial charge in [0.25, 0.3) is 0 Å².